The molecular formula is C19H32N2O. The molecule has 22 heavy (non-hydrogen) atoms. The van der Waals surface area contributed by atoms with E-state index in [1.54, 1.807) is 0 Å². The number of nitrogens with one attached hydrogen (secondary N) is 1. The highest BCUT2D eigenvalue weighted by Crippen LogP contribution is 2.43. The van der Waals surface area contributed by atoms with Gasteiger partial charge < -0.3 is 15.0 Å². The third-order valence-corrected chi connectivity index (χ3v) is 4.73. The van der Waals surface area contributed by atoms with Crippen molar-refractivity contribution in [3.05, 3.63) is 28.8 Å². The average molecular weight is 304 g/mol. The Hall–Kier alpha value is -1.06. The molecule has 1 aliphatic heterocycles. The molecule has 1 heterocycles. The maximum absolute atomic E-state index is 6.38. The molecule has 0 bridgehead atoms. The fourth-order valence-corrected chi connectivity index (χ4v) is 3.29. The third-order valence-electron chi connectivity index (χ3n) is 4.73. The molecule has 0 aromatic heterocycles. The molecule has 0 amide bonds. The van der Waals surface area contributed by atoms with Crippen molar-refractivity contribution in [2.45, 2.75) is 58.6 Å². The monoisotopic (exact) mass is 304 g/mol. The van der Waals surface area contributed by atoms with Crippen molar-refractivity contribution in [1.82, 2.24) is 10.2 Å². The van der Waals surface area contributed by atoms with Gasteiger partial charge in [0, 0.05) is 18.0 Å². The zero-order valence-corrected chi connectivity index (χ0v) is 15.1. The van der Waals surface area contributed by atoms with Gasteiger partial charge in [-0.1, -0.05) is 24.6 Å². The highest BCUT2D eigenvalue weighted by Gasteiger charge is 2.36. The molecule has 0 aliphatic carbocycles. The van der Waals surface area contributed by atoms with Crippen molar-refractivity contribution in [1.29, 1.82) is 0 Å². The van der Waals surface area contributed by atoms with Crippen LogP contribution in [0, 0.1) is 13.8 Å². The van der Waals surface area contributed by atoms with Gasteiger partial charge in [-0.15, -0.1) is 0 Å². The Kier molecular flexibility index (Phi) is 5.51. The second-order valence-electron chi connectivity index (χ2n) is 7.27. The fraction of sp³-hybridized carbons (Fsp3) is 0.684. The SMILES string of the molecule is CCC1(C)CC(NCCCN(C)C)c2cc(C)cc(C)c2O1. The van der Waals surface area contributed by atoms with Crippen LogP contribution < -0.4 is 10.1 Å². The lowest BCUT2D eigenvalue weighted by Gasteiger charge is -2.41. The van der Waals surface area contributed by atoms with Crippen LogP contribution in [0.5, 0.6) is 5.75 Å². The molecule has 0 saturated heterocycles. The largest absolute Gasteiger partial charge is 0.487 e. The Morgan fingerprint density at radius 3 is 2.68 bits per heavy atom. The quantitative estimate of drug-likeness (QED) is 0.808. The predicted octanol–water partition coefficient (Wildman–Crippen LogP) is 3.84. The standard InChI is InChI=1S/C19H32N2O/c1-7-19(4)13-17(20-9-8-10-21(5)6)16-12-14(2)11-15(3)18(16)22-19/h11-12,17,20H,7-10,13H2,1-6H3. The van der Waals surface area contributed by atoms with E-state index < -0.39 is 0 Å². The van der Waals surface area contributed by atoms with E-state index in [-0.39, 0.29) is 5.60 Å². The van der Waals surface area contributed by atoms with Crippen molar-refractivity contribution < 1.29 is 4.74 Å². The van der Waals surface area contributed by atoms with Gasteiger partial charge >= 0.3 is 0 Å². The first-order valence-electron chi connectivity index (χ1n) is 8.53. The van der Waals surface area contributed by atoms with Crippen molar-refractivity contribution in [2.75, 3.05) is 27.2 Å². The molecule has 2 unspecified atom stereocenters. The lowest BCUT2D eigenvalue weighted by Crippen LogP contribution is -2.42. The van der Waals surface area contributed by atoms with Crippen LogP contribution >= 0.6 is 0 Å². The van der Waals surface area contributed by atoms with Gasteiger partial charge in [-0.2, -0.15) is 0 Å². The molecule has 0 radical (unpaired) electrons. The minimum Gasteiger partial charge on any atom is -0.487 e. The number of aryl methyl sites for hydroxylation is 2. The average Bonchev–Trinajstić information content (AvgIpc) is 2.44. The van der Waals surface area contributed by atoms with Crippen LogP contribution in [-0.2, 0) is 0 Å². The van der Waals surface area contributed by atoms with E-state index in [1.165, 1.54) is 23.1 Å². The molecule has 2 rings (SSSR count). The van der Waals surface area contributed by atoms with Gasteiger partial charge in [0.2, 0.25) is 0 Å². The Balaban J connectivity index is 2.18. The topological polar surface area (TPSA) is 24.5 Å². The van der Waals surface area contributed by atoms with Crippen LogP contribution in [0.4, 0.5) is 0 Å². The molecule has 3 heteroatoms. The number of rotatable bonds is 6. The number of benzene rings is 1. The lowest BCUT2D eigenvalue weighted by molar-refractivity contribution is 0.0433. The molecule has 2 atom stereocenters. The molecule has 1 aliphatic rings. The first-order chi connectivity index (χ1) is 10.3. The molecule has 3 nitrogen and oxygen atoms in total. The first kappa shape index (κ1) is 17.3. The highest BCUT2D eigenvalue weighted by molar-refractivity contribution is 5.47. The van der Waals surface area contributed by atoms with Gasteiger partial charge in [-0.3, -0.25) is 0 Å². The Morgan fingerprint density at radius 2 is 2.05 bits per heavy atom. The lowest BCUT2D eigenvalue weighted by atomic mass is 9.85. The summed E-state index contributed by atoms with van der Waals surface area (Å²) in [5.74, 6) is 1.10. The molecule has 1 N–H and O–H groups in total. The van der Waals surface area contributed by atoms with Crippen molar-refractivity contribution in [3.63, 3.8) is 0 Å². The Morgan fingerprint density at radius 1 is 1.32 bits per heavy atom. The van der Waals surface area contributed by atoms with Gasteiger partial charge in [0.25, 0.3) is 0 Å². The molecular weight excluding hydrogens is 272 g/mol. The van der Waals surface area contributed by atoms with E-state index in [0.717, 1.165) is 31.7 Å². The Bertz CT molecular complexity index is 512. The van der Waals surface area contributed by atoms with E-state index in [1.807, 2.05) is 0 Å². The molecule has 0 saturated carbocycles. The summed E-state index contributed by atoms with van der Waals surface area (Å²) in [6.45, 7) is 11.0. The maximum atomic E-state index is 6.38. The Labute approximate surface area is 136 Å². The maximum Gasteiger partial charge on any atom is 0.127 e. The fourth-order valence-electron chi connectivity index (χ4n) is 3.29. The molecule has 1 aromatic rings. The summed E-state index contributed by atoms with van der Waals surface area (Å²) in [6.07, 6.45) is 3.25. The van der Waals surface area contributed by atoms with Crippen LogP contribution in [0.2, 0.25) is 0 Å². The molecule has 0 fully saturated rings. The van der Waals surface area contributed by atoms with Gasteiger partial charge in [0.1, 0.15) is 11.4 Å². The number of fused-ring (bicyclic) bond motifs is 1. The highest BCUT2D eigenvalue weighted by atomic mass is 16.5. The van der Waals surface area contributed by atoms with Crippen LogP contribution in [0.1, 0.15) is 55.8 Å². The zero-order chi connectivity index (χ0) is 16.3. The van der Waals surface area contributed by atoms with Crippen molar-refractivity contribution in [3.8, 4) is 5.75 Å². The summed E-state index contributed by atoms with van der Waals surface area (Å²) in [4.78, 5) is 2.24. The van der Waals surface area contributed by atoms with Gasteiger partial charge in [0.15, 0.2) is 0 Å². The van der Waals surface area contributed by atoms with Crippen LogP contribution in [0.3, 0.4) is 0 Å². The molecule has 1 aromatic carbocycles. The van der Waals surface area contributed by atoms with Gasteiger partial charge in [0.05, 0.1) is 0 Å². The second kappa shape index (κ2) is 7.01. The third kappa shape index (κ3) is 4.02. The first-order valence-corrected chi connectivity index (χ1v) is 8.53. The van der Waals surface area contributed by atoms with Crippen molar-refractivity contribution >= 4 is 0 Å². The van der Waals surface area contributed by atoms with E-state index in [0.29, 0.717) is 6.04 Å². The van der Waals surface area contributed by atoms with E-state index in [9.17, 15) is 0 Å². The van der Waals surface area contributed by atoms with Gasteiger partial charge in [-0.05, 0) is 66.4 Å². The van der Waals surface area contributed by atoms with Crippen LogP contribution in [-0.4, -0.2) is 37.7 Å². The molecule has 124 valence electrons. The van der Waals surface area contributed by atoms with Gasteiger partial charge in [-0.25, -0.2) is 0 Å². The van der Waals surface area contributed by atoms with Crippen LogP contribution in [0.15, 0.2) is 12.1 Å². The summed E-state index contributed by atoms with van der Waals surface area (Å²) >= 11 is 0. The van der Waals surface area contributed by atoms with E-state index in [4.69, 9.17) is 4.74 Å². The van der Waals surface area contributed by atoms with Crippen LogP contribution in [0.25, 0.3) is 0 Å². The summed E-state index contributed by atoms with van der Waals surface area (Å²) in [7, 11) is 4.26. The van der Waals surface area contributed by atoms with E-state index in [2.05, 4.69) is 64.1 Å². The number of nitrogens with zero attached hydrogens (tertiary/aromatic N) is 1. The second-order valence-corrected chi connectivity index (χ2v) is 7.27. The summed E-state index contributed by atoms with van der Waals surface area (Å²) in [6, 6.07) is 4.92. The number of hydrogen-bond acceptors (Lipinski definition) is 3. The molecule has 0 spiro atoms. The smallest absolute Gasteiger partial charge is 0.127 e. The number of hydrogen-bond donors (Lipinski definition) is 1. The van der Waals surface area contributed by atoms with Crippen molar-refractivity contribution in [2.24, 2.45) is 0 Å². The summed E-state index contributed by atoms with van der Waals surface area (Å²) in [5, 5.41) is 3.77. The minimum absolute atomic E-state index is 0.0633. The number of ether oxygens (including phenoxy) is 1. The van der Waals surface area contributed by atoms with E-state index >= 15 is 0 Å². The predicted molar refractivity (Wildman–Crippen MR) is 93.8 cm³/mol. The minimum atomic E-state index is -0.0633. The zero-order valence-electron chi connectivity index (χ0n) is 15.1. The normalized spacial score (nSPS) is 24.2. The summed E-state index contributed by atoms with van der Waals surface area (Å²) < 4.78 is 6.38. The summed E-state index contributed by atoms with van der Waals surface area (Å²) in [5.41, 5.74) is 3.86.